The lowest BCUT2D eigenvalue weighted by molar-refractivity contribution is 0.101. The molecule has 1 amide bonds. The molecule has 3 aromatic rings. The van der Waals surface area contributed by atoms with Crippen molar-refractivity contribution < 1.29 is 22.7 Å². The summed E-state index contributed by atoms with van der Waals surface area (Å²) in [4.78, 5) is 20.6. The second kappa shape index (κ2) is 7.14. The van der Waals surface area contributed by atoms with Crippen LogP contribution in [0.2, 0.25) is 0 Å². The van der Waals surface area contributed by atoms with Crippen molar-refractivity contribution in [3.05, 3.63) is 53.7 Å². The van der Waals surface area contributed by atoms with E-state index in [4.69, 9.17) is 4.74 Å². The molecule has 9 heteroatoms. The summed E-state index contributed by atoms with van der Waals surface area (Å²) in [5.74, 6) is -0.470. The van der Waals surface area contributed by atoms with E-state index in [9.17, 15) is 18.0 Å². The van der Waals surface area contributed by atoms with Gasteiger partial charge in [0.2, 0.25) is 0 Å². The highest BCUT2D eigenvalue weighted by molar-refractivity contribution is 6.03. The van der Waals surface area contributed by atoms with Crippen LogP contribution in [-0.4, -0.2) is 33.1 Å². The molecule has 4 rings (SSSR count). The Balaban J connectivity index is 1.65. The molecule has 146 valence electrons. The Bertz CT molecular complexity index is 1040. The largest absolute Gasteiger partial charge is 0.491 e. The molecule has 0 unspecified atom stereocenters. The zero-order valence-electron chi connectivity index (χ0n) is 14.9. The highest BCUT2D eigenvalue weighted by Crippen LogP contribution is 2.43. The zero-order chi connectivity index (χ0) is 19.8. The minimum absolute atomic E-state index is 0.134. The van der Waals surface area contributed by atoms with Crippen LogP contribution in [0.1, 0.15) is 47.6 Å². The normalized spacial score (nSPS) is 18.5. The molecule has 6 nitrogen and oxygen atoms in total. The maximum absolute atomic E-state index is 13.3. The fourth-order valence-electron chi connectivity index (χ4n) is 2.94. The molecular formula is C19H17F3N4O2. The molecule has 3 heterocycles. The molecule has 1 aliphatic rings. The third-order valence-corrected chi connectivity index (χ3v) is 4.44. The van der Waals surface area contributed by atoms with E-state index in [1.165, 1.54) is 12.1 Å². The monoisotopic (exact) mass is 390 g/mol. The Morgan fingerprint density at radius 3 is 2.82 bits per heavy atom. The van der Waals surface area contributed by atoms with Crippen LogP contribution in [0.15, 0.2) is 36.7 Å². The van der Waals surface area contributed by atoms with Gasteiger partial charge in [-0.05, 0) is 25.5 Å². The summed E-state index contributed by atoms with van der Waals surface area (Å²) in [6.07, 6.45) is 0.123. The number of hydrogen-bond donors (Lipinski definition) is 1. The van der Waals surface area contributed by atoms with E-state index < -0.39 is 24.2 Å². The van der Waals surface area contributed by atoms with Gasteiger partial charge in [-0.15, -0.1) is 0 Å². The third kappa shape index (κ3) is 3.51. The van der Waals surface area contributed by atoms with Crippen LogP contribution in [0.25, 0.3) is 5.65 Å². The van der Waals surface area contributed by atoms with Gasteiger partial charge in [0.05, 0.1) is 12.3 Å². The van der Waals surface area contributed by atoms with Crippen LogP contribution in [0.4, 0.5) is 18.9 Å². The molecule has 2 atom stereocenters. The zero-order valence-corrected chi connectivity index (χ0v) is 14.9. The minimum atomic E-state index is -2.77. The van der Waals surface area contributed by atoms with Crippen LogP contribution in [0, 0.1) is 0 Å². The Labute approximate surface area is 158 Å². The molecule has 0 radical (unpaired) electrons. The van der Waals surface area contributed by atoms with Gasteiger partial charge in [-0.2, -0.15) is 0 Å². The van der Waals surface area contributed by atoms with Gasteiger partial charge >= 0.3 is 0 Å². The molecule has 1 N–H and O–H groups in total. The lowest BCUT2D eigenvalue weighted by Crippen LogP contribution is -2.16. The van der Waals surface area contributed by atoms with E-state index >= 15 is 0 Å². The average Bonchev–Trinajstić information content (AvgIpc) is 3.26. The first-order valence-corrected chi connectivity index (χ1v) is 8.82. The highest BCUT2D eigenvalue weighted by Gasteiger charge is 2.40. The maximum atomic E-state index is 13.3. The number of nitrogens with zero attached hydrogens (tertiary/aromatic N) is 3. The number of aromatic nitrogens is 3. The minimum Gasteiger partial charge on any atom is -0.491 e. The van der Waals surface area contributed by atoms with Gasteiger partial charge in [0, 0.05) is 24.4 Å². The van der Waals surface area contributed by atoms with Gasteiger partial charge in [-0.25, -0.2) is 23.1 Å². The topological polar surface area (TPSA) is 68.5 Å². The van der Waals surface area contributed by atoms with Gasteiger partial charge in [0.1, 0.15) is 34.6 Å². The molecule has 1 fully saturated rings. The number of ether oxygens (including phenoxy) is 1. The summed E-state index contributed by atoms with van der Waals surface area (Å²) < 4.78 is 46.2. The van der Waals surface area contributed by atoms with Crippen molar-refractivity contribution in [2.45, 2.75) is 31.9 Å². The van der Waals surface area contributed by atoms with Crippen molar-refractivity contribution in [3.8, 4) is 5.75 Å². The lowest BCUT2D eigenvalue weighted by Gasteiger charge is -2.12. The number of halogens is 3. The van der Waals surface area contributed by atoms with E-state index in [1.807, 2.05) is 0 Å². The van der Waals surface area contributed by atoms with Gasteiger partial charge in [-0.3, -0.25) is 4.79 Å². The van der Waals surface area contributed by atoms with Gasteiger partial charge in [-0.1, -0.05) is 6.07 Å². The fraction of sp³-hybridized carbons (Fsp3) is 0.316. The Kier molecular flexibility index (Phi) is 4.66. The summed E-state index contributed by atoms with van der Waals surface area (Å²) in [6.45, 7) is 2.14. The van der Waals surface area contributed by atoms with E-state index in [-0.39, 0.29) is 11.6 Å². The summed E-state index contributed by atoms with van der Waals surface area (Å²) in [5.41, 5.74) is 0.931. The van der Waals surface area contributed by atoms with Gasteiger partial charge in [0.25, 0.3) is 12.3 Å². The Morgan fingerprint density at radius 1 is 1.36 bits per heavy atom. The molecule has 0 bridgehead atoms. The van der Waals surface area contributed by atoms with Crippen LogP contribution in [0.3, 0.4) is 0 Å². The van der Waals surface area contributed by atoms with Gasteiger partial charge < -0.3 is 14.5 Å². The number of nitrogens with one attached hydrogen (secondary N) is 1. The number of anilines is 1. The predicted molar refractivity (Wildman–Crippen MR) is 95.8 cm³/mol. The number of imidazole rings is 1. The molecule has 28 heavy (non-hydrogen) atoms. The fourth-order valence-corrected chi connectivity index (χ4v) is 2.94. The maximum Gasteiger partial charge on any atom is 0.280 e. The van der Waals surface area contributed by atoms with Crippen molar-refractivity contribution in [2.24, 2.45) is 0 Å². The molecule has 3 aromatic heterocycles. The summed E-state index contributed by atoms with van der Waals surface area (Å²) >= 11 is 0. The Hall–Kier alpha value is -3.10. The van der Waals surface area contributed by atoms with Crippen LogP contribution >= 0.6 is 0 Å². The van der Waals surface area contributed by atoms with Crippen molar-refractivity contribution in [3.63, 3.8) is 0 Å². The third-order valence-electron chi connectivity index (χ3n) is 4.44. The predicted octanol–water partition coefficient (Wildman–Crippen LogP) is 4.14. The van der Waals surface area contributed by atoms with Crippen LogP contribution < -0.4 is 10.1 Å². The number of rotatable bonds is 6. The molecule has 1 saturated carbocycles. The number of amides is 1. The SMILES string of the molecule is CCOc1cc2nc([C@H]3C[C@@H]3F)cn2cc1NC(=O)c1cccc(C(F)F)n1. The first kappa shape index (κ1) is 18.3. The van der Waals surface area contributed by atoms with Crippen LogP contribution in [0.5, 0.6) is 5.75 Å². The average molecular weight is 390 g/mol. The highest BCUT2D eigenvalue weighted by atomic mass is 19.3. The second-order valence-corrected chi connectivity index (χ2v) is 6.48. The number of alkyl halides is 3. The quantitative estimate of drug-likeness (QED) is 0.687. The second-order valence-electron chi connectivity index (χ2n) is 6.48. The molecule has 0 aliphatic heterocycles. The summed E-state index contributed by atoms with van der Waals surface area (Å²) in [6, 6.07) is 5.49. The number of pyridine rings is 2. The Morgan fingerprint density at radius 2 is 2.14 bits per heavy atom. The van der Waals surface area contributed by atoms with Gasteiger partial charge in [0.15, 0.2) is 0 Å². The summed E-state index contributed by atoms with van der Waals surface area (Å²) in [5, 5.41) is 2.64. The standard InChI is InChI=1S/C19H17F3N4O2/c1-2-28-16-7-17-24-14(10-6-11(10)20)8-26(17)9-15(16)25-19(27)13-5-3-4-12(23-13)18(21)22/h3-5,7-11,18H,2,6H2,1H3,(H,25,27)/t10-,11-/m0/s1. The van der Waals surface area contributed by atoms with E-state index in [0.29, 0.717) is 35.8 Å². The van der Waals surface area contributed by atoms with Crippen molar-refractivity contribution in [1.82, 2.24) is 14.4 Å². The van der Waals surface area contributed by atoms with E-state index in [0.717, 1.165) is 6.07 Å². The first-order valence-electron chi connectivity index (χ1n) is 8.82. The smallest absolute Gasteiger partial charge is 0.280 e. The van der Waals surface area contributed by atoms with Crippen molar-refractivity contribution >= 4 is 17.2 Å². The van der Waals surface area contributed by atoms with E-state index in [1.54, 1.807) is 29.8 Å². The molecule has 1 aliphatic carbocycles. The number of hydrogen-bond acceptors (Lipinski definition) is 4. The van der Waals surface area contributed by atoms with Crippen molar-refractivity contribution in [2.75, 3.05) is 11.9 Å². The first-order chi connectivity index (χ1) is 13.5. The molecule has 0 aromatic carbocycles. The summed E-state index contributed by atoms with van der Waals surface area (Å²) in [7, 11) is 0. The van der Waals surface area contributed by atoms with Crippen LogP contribution in [-0.2, 0) is 0 Å². The molecule has 0 spiro atoms. The number of carbonyl (C=O) groups is 1. The van der Waals surface area contributed by atoms with E-state index in [2.05, 4.69) is 15.3 Å². The van der Waals surface area contributed by atoms with Crippen molar-refractivity contribution in [1.29, 1.82) is 0 Å². The molecule has 0 saturated heterocycles. The number of fused-ring (bicyclic) bond motifs is 1. The number of carbonyl (C=O) groups excluding carboxylic acids is 1. The molecular weight excluding hydrogens is 373 g/mol. The lowest BCUT2D eigenvalue weighted by atomic mass is 10.2.